The van der Waals surface area contributed by atoms with Gasteiger partial charge in [-0.2, -0.15) is 0 Å². The van der Waals surface area contributed by atoms with Gasteiger partial charge in [0.15, 0.2) is 0 Å². The lowest BCUT2D eigenvalue weighted by Gasteiger charge is -2.29. The molecule has 3 aromatic rings. The first-order valence-corrected chi connectivity index (χ1v) is 11.1. The van der Waals surface area contributed by atoms with Crippen LogP contribution in [0.15, 0.2) is 60.7 Å². The average Bonchev–Trinajstić information content (AvgIpc) is 2.91. The first kappa shape index (κ1) is 23.6. The highest BCUT2D eigenvalue weighted by atomic mass is 35.5. The number of aromatic carboxylic acids is 1. The molecule has 2 amide bonds. The molecule has 2 N–H and O–H groups in total. The highest BCUT2D eigenvalue weighted by Crippen LogP contribution is 2.30. The molecule has 0 saturated carbocycles. The van der Waals surface area contributed by atoms with Gasteiger partial charge in [-0.15, -0.1) is 0 Å². The maximum Gasteiger partial charge on any atom is 0.335 e. The molecule has 1 atom stereocenters. The number of carboxylic acid groups (broad SMARTS) is 1. The Morgan fingerprint density at radius 2 is 1.71 bits per heavy atom. The van der Waals surface area contributed by atoms with Gasteiger partial charge >= 0.3 is 5.97 Å². The summed E-state index contributed by atoms with van der Waals surface area (Å²) in [6.07, 6.45) is 0.201. The zero-order chi connectivity index (χ0) is 24.4. The second kappa shape index (κ2) is 9.75. The minimum Gasteiger partial charge on any atom is -0.497 e. The number of amides is 2. The summed E-state index contributed by atoms with van der Waals surface area (Å²) >= 11 is 12.2. The quantitative estimate of drug-likeness (QED) is 0.503. The second-order valence-corrected chi connectivity index (χ2v) is 8.62. The summed E-state index contributed by atoms with van der Waals surface area (Å²) in [5.41, 5.74) is 2.23. The molecule has 1 aliphatic rings. The minimum absolute atomic E-state index is 0.101. The van der Waals surface area contributed by atoms with Crippen molar-refractivity contribution in [3.63, 3.8) is 0 Å². The van der Waals surface area contributed by atoms with Gasteiger partial charge in [0.25, 0.3) is 5.91 Å². The Morgan fingerprint density at radius 3 is 2.35 bits per heavy atom. The van der Waals surface area contributed by atoms with Crippen LogP contribution in [0, 0.1) is 0 Å². The number of fused-ring (bicyclic) bond motifs is 1. The van der Waals surface area contributed by atoms with E-state index in [2.05, 4.69) is 5.32 Å². The fraction of sp³-hybridized carbons (Fsp3) is 0.160. The van der Waals surface area contributed by atoms with Crippen LogP contribution in [-0.2, 0) is 17.8 Å². The number of anilines is 1. The summed E-state index contributed by atoms with van der Waals surface area (Å²) in [4.78, 5) is 39.6. The zero-order valence-electron chi connectivity index (χ0n) is 18.0. The number of nitrogens with zero attached hydrogens (tertiary/aromatic N) is 1. The number of hydrogen-bond donors (Lipinski definition) is 2. The van der Waals surface area contributed by atoms with Crippen LogP contribution < -0.4 is 10.1 Å². The lowest BCUT2D eigenvalue weighted by molar-refractivity contribution is -0.120. The highest BCUT2D eigenvalue weighted by molar-refractivity contribution is 6.42. The number of rotatable bonds is 6. The van der Waals surface area contributed by atoms with Crippen molar-refractivity contribution in [2.75, 3.05) is 12.4 Å². The molecule has 3 aromatic carbocycles. The van der Waals surface area contributed by atoms with Crippen molar-refractivity contribution in [1.29, 1.82) is 0 Å². The number of halogens is 2. The summed E-state index contributed by atoms with van der Waals surface area (Å²) in [5.74, 6) is -1.25. The third-order valence-electron chi connectivity index (χ3n) is 5.62. The first-order chi connectivity index (χ1) is 16.3. The van der Waals surface area contributed by atoms with E-state index in [9.17, 15) is 14.4 Å². The summed E-state index contributed by atoms with van der Waals surface area (Å²) in [5, 5.41) is 12.7. The van der Waals surface area contributed by atoms with Gasteiger partial charge in [0.1, 0.15) is 11.8 Å². The number of methoxy groups -OCH3 is 1. The Labute approximate surface area is 205 Å². The normalized spacial score (nSPS) is 15.4. The second-order valence-electron chi connectivity index (χ2n) is 7.80. The predicted octanol–water partition coefficient (Wildman–Crippen LogP) is 4.91. The van der Waals surface area contributed by atoms with Gasteiger partial charge in [0.2, 0.25) is 5.91 Å². The number of hydrogen-bond acceptors (Lipinski definition) is 4. The van der Waals surface area contributed by atoms with Gasteiger partial charge in [-0.3, -0.25) is 9.59 Å². The molecule has 174 valence electrons. The number of carbonyl (C=O) groups excluding carboxylic acids is 2. The summed E-state index contributed by atoms with van der Waals surface area (Å²) < 4.78 is 5.24. The van der Waals surface area contributed by atoms with Crippen LogP contribution in [0.5, 0.6) is 5.75 Å². The van der Waals surface area contributed by atoms with E-state index in [4.69, 9.17) is 33.0 Å². The Balaban J connectivity index is 1.74. The molecule has 4 rings (SSSR count). The van der Waals surface area contributed by atoms with Crippen molar-refractivity contribution in [2.45, 2.75) is 19.0 Å². The van der Waals surface area contributed by atoms with E-state index in [1.165, 1.54) is 24.1 Å². The maximum atomic E-state index is 13.6. The smallest absolute Gasteiger partial charge is 0.335 e. The van der Waals surface area contributed by atoms with E-state index in [-0.39, 0.29) is 30.3 Å². The van der Waals surface area contributed by atoms with Crippen LogP contribution in [0.3, 0.4) is 0 Å². The van der Waals surface area contributed by atoms with Crippen molar-refractivity contribution in [1.82, 2.24) is 4.90 Å². The van der Waals surface area contributed by atoms with Crippen LogP contribution in [0.2, 0.25) is 10.0 Å². The summed E-state index contributed by atoms with van der Waals surface area (Å²) in [6, 6.07) is 15.3. The largest absolute Gasteiger partial charge is 0.497 e. The van der Waals surface area contributed by atoms with Gasteiger partial charge in [0.05, 0.1) is 34.0 Å². The lowest BCUT2D eigenvalue weighted by atomic mass is 10.0. The maximum absolute atomic E-state index is 13.6. The zero-order valence-corrected chi connectivity index (χ0v) is 19.6. The van der Waals surface area contributed by atoms with E-state index >= 15 is 0 Å². The van der Waals surface area contributed by atoms with Crippen molar-refractivity contribution < 1.29 is 24.2 Å². The fourth-order valence-corrected chi connectivity index (χ4v) is 4.14. The highest BCUT2D eigenvalue weighted by Gasteiger charge is 2.35. The van der Waals surface area contributed by atoms with E-state index in [0.717, 1.165) is 5.56 Å². The lowest BCUT2D eigenvalue weighted by Crippen LogP contribution is -2.46. The third-order valence-corrected chi connectivity index (χ3v) is 6.36. The fourth-order valence-electron chi connectivity index (χ4n) is 3.82. The molecule has 7 nitrogen and oxygen atoms in total. The van der Waals surface area contributed by atoms with Crippen LogP contribution in [0.4, 0.5) is 5.69 Å². The SMILES string of the molecule is COc1ccc2c(c1)NC(=O)[C@@H](Cc1ccc(Cl)c(Cl)c1)N(Cc1ccc(C(=O)O)cc1)C2=O. The van der Waals surface area contributed by atoms with E-state index in [1.54, 1.807) is 48.5 Å². The molecule has 0 aliphatic carbocycles. The molecular weight excluding hydrogens is 479 g/mol. The minimum atomic E-state index is -1.04. The average molecular weight is 499 g/mol. The number of ether oxygens (including phenoxy) is 1. The molecule has 0 spiro atoms. The Bertz CT molecular complexity index is 1280. The molecule has 0 radical (unpaired) electrons. The Morgan fingerprint density at radius 1 is 1.00 bits per heavy atom. The van der Waals surface area contributed by atoms with E-state index in [1.807, 2.05) is 0 Å². The van der Waals surface area contributed by atoms with Crippen LogP contribution in [-0.4, -0.2) is 40.9 Å². The molecule has 1 aliphatic heterocycles. The Hall–Kier alpha value is -3.55. The van der Waals surface area contributed by atoms with Crippen molar-refractivity contribution in [3.05, 3.63) is 93.0 Å². The van der Waals surface area contributed by atoms with Gasteiger partial charge in [-0.05, 0) is 47.5 Å². The summed E-state index contributed by atoms with van der Waals surface area (Å²) in [6.45, 7) is 0.101. The van der Waals surface area contributed by atoms with Gasteiger partial charge in [0, 0.05) is 19.0 Å². The molecule has 0 bridgehead atoms. The van der Waals surface area contributed by atoms with Crippen molar-refractivity contribution in [3.8, 4) is 5.75 Å². The summed E-state index contributed by atoms with van der Waals surface area (Å²) in [7, 11) is 1.50. The molecule has 0 unspecified atom stereocenters. The monoisotopic (exact) mass is 498 g/mol. The van der Waals surface area contributed by atoms with Gasteiger partial charge in [-0.25, -0.2) is 4.79 Å². The van der Waals surface area contributed by atoms with Gasteiger partial charge < -0.3 is 20.1 Å². The number of carbonyl (C=O) groups is 3. The van der Waals surface area contributed by atoms with Crippen molar-refractivity contribution >= 4 is 46.7 Å². The topological polar surface area (TPSA) is 95.9 Å². The molecule has 34 heavy (non-hydrogen) atoms. The molecule has 1 heterocycles. The predicted molar refractivity (Wildman–Crippen MR) is 129 cm³/mol. The molecule has 0 aromatic heterocycles. The number of carboxylic acids is 1. The molecule has 9 heteroatoms. The standard InChI is InChI=1S/C25H20Cl2N2O5/c1-34-17-7-8-18-21(12-17)28-23(30)22(11-15-4-9-19(26)20(27)10-15)29(24(18)31)13-14-2-5-16(6-3-14)25(32)33/h2-10,12,22H,11,13H2,1H3,(H,28,30)(H,32,33)/t22-/m1/s1. The van der Waals surface area contributed by atoms with Crippen LogP contribution in [0.25, 0.3) is 0 Å². The van der Waals surface area contributed by atoms with E-state index in [0.29, 0.717) is 32.6 Å². The van der Waals surface area contributed by atoms with Crippen LogP contribution >= 0.6 is 23.2 Å². The number of benzene rings is 3. The molecular formula is C25H20Cl2N2O5. The number of nitrogens with one attached hydrogen (secondary N) is 1. The van der Waals surface area contributed by atoms with E-state index < -0.39 is 12.0 Å². The third kappa shape index (κ3) is 4.85. The van der Waals surface area contributed by atoms with Gasteiger partial charge in [-0.1, -0.05) is 41.4 Å². The van der Waals surface area contributed by atoms with Crippen LogP contribution in [0.1, 0.15) is 31.8 Å². The molecule has 0 fully saturated rings. The molecule has 0 saturated heterocycles. The van der Waals surface area contributed by atoms with Crippen molar-refractivity contribution in [2.24, 2.45) is 0 Å². The first-order valence-electron chi connectivity index (χ1n) is 10.3. The Kier molecular flexibility index (Phi) is 6.77.